The first-order valence-corrected chi connectivity index (χ1v) is 12.9. The average Bonchev–Trinajstić information content (AvgIpc) is 3.57. The molecule has 192 valence electrons. The van der Waals surface area contributed by atoms with Crippen molar-refractivity contribution in [1.82, 2.24) is 19.6 Å². The number of thiophene rings is 1. The van der Waals surface area contributed by atoms with Gasteiger partial charge >= 0.3 is 0 Å². The van der Waals surface area contributed by atoms with Gasteiger partial charge < -0.3 is 10.6 Å². The van der Waals surface area contributed by atoms with E-state index in [-0.39, 0.29) is 23.8 Å². The van der Waals surface area contributed by atoms with Crippen molar-refractivity contribution in [2.45, 2.75) is 6.42 Å². The van der Waals surface area contributed by atoms with Crippen LogP contribution in [0.1, 0.15) is 4.88 Å². The number of halogens is 2. The van der Waals surface area contributed by atoms with Crippen LogP contribution in [-0.2, 0) is 11.2 Å². The van der Waals surface area contributed by atoms with Gasteiger partial charge in [0.15, 0.2) is 0 Å². The minimum atomic E-state index is -0.468. The van der Waals surface area contributed by atoms with Crippen LogP contribution < -0.4 is 10.6 Å². The molecule has 0 saturated carbocycles. The van der Waals surface area contributed by atoms with Crippen LogP contribution in [0, 0.1) is 11.6 Å². The molecule has 0 spiro atoms. The molecule has 4 aromatic heterocycles. The van der Waals surface area contributed by atoms with Gasteiger partial charge in [-0.2, -0.15) is 5.10 Å². The van der Waals surface area contributed by atoms with Gasteiger partial charge in [0.25, 0.3) is 0 Å². The molecule has 7 nitrogen and oxygen atoms in total. The Kier molecular flexibility index (Phi) is 6.52. The second-order valence-corrected chi connectivity index (χ2v) is 9.69. The van der Waals surface area contributed by atoms with Crippen molar-refractivity contribution >= 4 is 40.1 Å². The lowest BCUT2D eigenvalue weighted by molar-refractivity contribution is -0.115. The predicted octanol–water partition coefficient (Wildman–Crippen LogP) is 6.72. The van der Waals surface area contributed by atoms with Crippen molar-refractivity contribution in [2.24, 2.45) is 0 Å². The summed E-state index contributed by atoms with van der Waals surface area (Å²) in [7, 11) is 0. The van der Waals surface area contributed by atoms with Crippen molar-refractivity contribution < 1.29 is 13.6 Å². The minimum absolute atomic E-state index is 0.139. The van der Waals surface area contributed by atoms with Gasteiger partial charge in [0, 0.05) is 34.2 Å². The van der Waals surface area contributed by atoms with E-state index in [0.717, 1.165) is 4.88 Å². The summed E-state index contributed by atoms with van der Waals surface area (Å²) in [5.74, 6) is -0.788. The van der Waals surface area contributed by atoms with Gasteiger partial charge in [-0.3, -0.25) is 4.79 Å². The van der Waals surface area contributed by atoms with Crippen LogP contribution in [0.15, 0.2) is 96.6 Å². The van der Waals surface area contributed by atoms with Crippen LogP contribution >= 0.6 is 11.3 Å². The summed E-state index contributed by atoms with van der Waals surface area (Å²) >= 11 is 1.52. The third-order valence-corrected chi connectivity index (χ3v) is 6.81. The van der Waals surface area contributed by atoms with E-state index in [9.17, 15) is 9.18 Å². The summed E-state index contributed by atoms with van der Waals surface area (Å²) in [6, 6.07) is 21.6. The smallest absolute Gasteiger partial charge is 0.229 e. The predicted molar refractivity (Wildman–Crippen MR) is 148 cm³/mol. The van der Waals surface area contributed by atoms with Crippen LogP contribution in [0.5, 0.6) is 0 Å². The van der Waals surface area contributed by atoms with Crippen LogP contribution in [0.25, 0.3) is 28.0 Å². The van der Waals surface area contributed by atoms with E-state index in [2.05, 4.69) is 25.7 Å². The number of anilines is 3. The van der Waals surface area contributed by atoms with Gasteiger partial charge in [0.1, 0.15) is 22.8 Å². The maximum absolute atomic E-state index is 15.2. The molecule has 2 aromatic carbocycles. The van der Waals surface area contributed by atoms with Crippen molar-refractivity contribution in [2.75, 3.05) is 10.6 Å². The van der Waals surface area contributed by atoms with Crippen molar-refractivity contribution in [3.05, 3.63) is 113 Å². The highest BCUT2D eigenvalue weighted by Crippen LogP contribution is 2.36. The quantitative estimate of drug-likeness (QED) is 0.236. The maximum atomic E-state index is 15.2. The molecule has 0 saturated heterocycles. The Balaban J connectivity index is 1.39. The summed E-state index contributed by atoms with van der Waals surface area (Å²) < 4.78 is 30.3. The topological polar surface area (TPSA) is 84.2 Å². The van der Waals surface area contributed by atoms with Crippen LogP contribution in [0.2, 0.25) is 0 Å². The Labute approximate surface area is 225 Å². The van der Waals surface area contributed by atoms with E-state index in [0.29, 0.717) is 33.9 Å². The highest BCUT2D eigenvalue weighted by Gasteiger charge is 2.21. The van der Waals surface area contributed by atoms with Crippen LogP contribution in [0.4, 0.5) is 26.1 Å². The summed E-state index contributed by atoms with van der Waals surface area (Å²) in [6.07, 6.45) is 3.47. The highest BCUT2D eigenvalue weighted by atomic mass is 32.1. The molecule has 0 aliphatic heterocycles. The number of carbonyl (C=O) groups is 1. The van der Waals surface area contributed by atoms with Gasteiger partial charge in [-0.15, -0.1) is 11.3 Å². The first kappa shape index (κ1) is 24.4. The van der Waals surface area contributed by atoms with Gasteiger partial charge in [0.05, 0.1) is 17.7 Å². The zero-order valence-corrected chi connectivity index (χ0v) is 21.1. The molecule has 10 heteroatoms. The number of carbonyl (C=O) groups excluding carboxylic acids is 1. The standard InChI is InChI=1S/C29H20F2N6OS/c30-19-6-2-8-21(16-19)34-29-32-12-11-24(35-29)26-27(36-37-13-3-10-23(31)28(26)37)18-5-1-7-20(15-18)33-25(38)17-22-9-4-14-39-22/h1-16H,17H2,(H,33,38)(H,32,34,35). The SMILES string of the molecule is O=C(Cc1cccs1)Nc1cccc(-c2nn3cccc(F)c3c2-c2ccnc(Nc3cccc(F)c3)n2)c1. The van der Waals surface area contributed by atoms with E-state index in [1.165, 1.54) is 34.1 Å². The minimum Gasteiger partial charge on any atom is -0.326 e. The number of aromatic nitrogens is 4. The molecule has 6 rings (SSSR count). The summed E-state index contributed by atoms with van der Waals surface area (Å²) in [4.78, 5) is 22.4. The molecule has 0 atom stereocenters. The zero-order chi connectivity index (χ0) is 26.8. The number of nitrogens with one attached hydrogen (secondary N) is 2. The van der Waals surface area contributed by atoms with E-state index in [1.807, 2.05) is 23.6 Å². The molecule has 0 fully saturated rings. The molecular weight excluding hydrogens is 518 g/mol. The molecule has 0 unspecified atom stereocenters. The normalized spacial score (nSPS) is 11.0. The Morgan fingerprint density at radius 2 is 1.82 bits per heavy atom. The van der Waals surface area contributed by atoms with Gasteiger partial charge in [-0.25, -0.2) is 23.3 Å². The Bertz CT molecular complexity index is 1800. The molecule has 0 aliphatic rings. The Morgan fingerprint density at radius 3 is 2.67 bits per heavy atom. The number of benzene rings is 2. The van der Waals surface area contributed by atoms with Gasteiger partial charge in [-0.05, 0) is 60.0 Å². The Morgan fingerprint density at radius 1 is 0.949 bits per heavy atom. The molecule has 0 bridgehead atoms. The molecule has 0 radical (unpaired) electrons. The number of pyridine rings is 1. The third kappa shape index (κ3) is 5.23. The fourth-order valence-electron chi connectivity index (χ4n) is 4.28. The average molecular weight is 539 g/mol. The molecule has 0 aliphatic carbocycles. The summed E-state index contributed by atoms with van der Waals surface area (Å²) in [6.45, 7) is 0. The summed E-state index contributed by atoms with van der Waals surface area (Å²) in [5.41, 5.74) is 3.34. The lowest BCUT2D eigenvalue weighted by Crippen LogP contribution is -2.13. The van der Waals surface area contributed by atoms with Crippen molar-refractivity contribution in [3.8, 4) is 22.5 Å². The monoisotopic (exact) mass is 538 g/mol. The fourth-order valence-corrected chi connectivity index (χ4v) is 4.98. The molecule has 1 amide bonds. The number of amides is 1. The first-order valence-electron chi connectivity index (χ1n) is 12.0. The van der Waals surface area contributed by atoms with E-state index in [1.54, 1.807) is 54.9 Å². The number of hydrogen-bond donors (Lipinski definition) is 2. The molecule has 6 aromatic rings. The number of hydrogen-bond acceptors (Lipinski definition) is 6. The lowest BCUT2D eigenvalue weighted by atomic mass is 10.0. The molecule has 2 N–H and O–H groups in total. The van der Waals surface area contributed by atoms with Gasteiger partial charge in [-0.1, -0.05) is 24.3 Å². The first-order chi connectivity index (χ1) is 19.0. The largest absolute Gasteiger partial charge is 0.326 e. The Hall–Kier alpha value is -4.96. The highest BCUT2D eigenvalue weighted by molar-refractivity contribution is 7.10. The van der Waals surface area contributed by atoms with Crippen molar-refractivity contribution in [1.29, 1.82) is 0 Å². The lowest BCUT2D eigenvalue weighted by Gasteiger charge is -2.09. The van der Waals surface area contributed by atoms with Crippen molar-refractivity contribution in [3.63, 3.8) is 0 Å². The summed E-state index contributed by atoms with van der Waals surface area (Å²) in [5, 5.41) is 12.5. The second-order valence-electron chi connectivity index (χ2n) is 8.66. The van der Waals surface area contributed by atoms with Gasteiger partial charge in [0.2, 0.25) is 11.9 Å². The molecule has 4 heterocycles. The van der Waals surface area contributed by atoms with Crippen LogP contribution in [-0.4, -0.2) is 25.5 Å². The number of fused-ring (bicyclic) bond motifs is 1. The number of nitrogens with zero attached hydrogens (tertiary/aromatic N) is 4. The van der Waals surface area contributed by atoms with E-state index < -0.39 is 11.6 Å². The van der Waals surface area contributed by atoms with E-state index in [4.69, 9.17) is 0 Å². The fraction of sp³-hybridized carbons (Fsp3) is 0.0345. The second kappa shape index (κ2) is 10.4. The molecular formula is C29H20F2N6OS. The van der Waals surface area contributed by atoms with Crippen LogP contribution in [0.3, 0.4) is 0 Å². The number of rotatable bonds is 7. The third-order valence-electron chi connectivity index (χ3n) is 5.93. The molecule has 39 heavy (non-hydrogen) atoms. The maximum Gasteiger partial charge on any atom is 0.229 e. The zero-order valence-electron chi connectivity index (χ0n) is 20.3. The van der Waals surface area contributed by atoms with E-state index >= 15 is 4.39 Å².